The Morgan fingerprint density at radius 3 is 2.60 bits per heavy atom. The van der Waals surface area contributed by atoms with Crippen LogP contribution in [0.25, 0.3) is 0 Å². The Balaban J connectivity index is 1.90. The monoisotopic (exact) mass is 273 g/mol. The number of hydrogen-bond acceptors (Lipinski definition) is 3. The molecule has 1 aliphatic rings. The lowest BCUT2D eigenvalue weighted by molar-refractivity contribution is 0.338. The van der Waals surface area contributed by atoms with Crippen LogP contribution in [0.2, 0.25) is 0 Å². The predicted octanol–water partition coefficient (Wildman–Crippen LogP) is 2.23. The van der Waals surface area contributed by atoms with Crippen LogP contribution in [0.5, 0.6) is 0 Å². The van der Waals surface area contributed by atoms with Crippen LogP contribution in [0.3, 0.4) is 0 Å². The zero-order chi connectivity index (χ0) is 10.8. The van der Waals surface area contributed by atoms with E-state index in [0.29, 0.717) is 16.7 Å². The van der Waals surface area contributed by atoms with Gasteiger partial charge in [-0.1, -0.05) is 15.9 Å². The topological polar surface area (TPSA) is 29.0 Å². The molecule has 2 rings (SSSR count). The van der Waals surface area contributed by atoms with E-state index in [2.05, 4.69) is 25.9 Å². The first-order chi connectivity index (χ1) is 7.15. The number of aromatic nitrogens is 2. The van der Waals surface area contributed by atoms with E-state index in [0.717, 1.165) is 6.54 Å². The quantitative estimate of drug-likeness (QED) is 0.791. The van der Waals surface area contributed by atoms with Gasteiger partial charge in [-0.15, -0.1) is 0 Å². The first-order valence-corrected chi connectivity index (χ1v) is 5.89. The smallest absolute Gasteiger partial charge is 0.225 e. The largest absolute Gasteiger partial charge is 0.344 e. The Hall–Kier alpha value is -0.710. The molecule has 0 radical (unpaired) electrons. The molecule has 0 unspecified atom stereocenters. The molecule has 0 amide bonds. The minimum Gasteiger partial charge on any atom is -0.344 e. The van der Waals surface area contributed by atoms with Crippen LogP contribution in [0.1, 0.15) is 12.8 Å². The van der Waals surface area contributed by atoms with Crippen molar-refractivity contribution in [3.8, 4) is 0 Å². The van der Waals surface area contributed by atoms with E-state index in [1.165, 1.54) is 25.2 Å². The second kappa shape index (κ2) is 4.43. The van der Waals surface area contributed by atoms with Gasteiger partial charge in [0.25, 0.3) is 0 Å². The molecule has 0 bridgehead atoms. The molecule has 1 heterocycles. The highest BCUT2D eigenvalue weighted by Gasteiger charge is 2.28. The summed E-state index contributed by atoms with van der Waals surface area (Å²) in [6, 6.07) is 0. The Kier molecular flexibility index (Phi) is 3.19. The third kappa shape index (κ3) is 2.65. The lowest BCUT2D eigenvalue weighted by Gasteiger charge is -2.34. The number of hydrogen-bond donors (Lipinski definition) is 0. The van der Waals surface area contributed by atoms with Crippen LogP contribution in [0.15, 0.2) is 12.4 Å². The van der Waals surface area contributed by atoms with Crippen molar-refractivity contribution in [2.45, 2.75) is 17.7 Å². The minimum atomic E-state index is -0.392. The molecule has 1 aromatic rings. The molecule has 0 N–H and O–H groups in total. The summed E-state index contributed by atoms with van der Waals surface area (Å²) in [4.78, 5) is 10.5. The zero-order valence-electron chi connectivity index (χ0n) is 8.53. The summed E-state index contributed by atoms with van der Waals surface area (Å²) in [6.07, 6.45) is 4.80. The molecular formula is C10H13BrFN3. The molecule has 0 aromatic carbocycles. The summed E-state index contributed by atoms with van der Waals surface area (Å²) >= 11 is 3.56. The van der Waals surface area contributed by atoms with Crippen molar-refractivity contribution in [2.75, 3.05) is 18.5 Å². The molecular weight excluding hydrogens is 261 g/mol. The Labute approximate surface area is 96.8 Å². The maximum Gasteiger partial charge on any atom is 0.225 e. The summed E-state index contributed by atoms with van der Waals surface area (Å²) < 4.78 is 12.6. The number of alkyl halides is 1. The normalized spacial score (nSPS) is 24.7. The summed E-state index contributed by atoms with van der Waals surface area (Å²) in [7, 11) is 1.94. The van der Waals surface area contributed by atoms with Gasteiger partial charge in [0.1, 0.15) is 0 Å². The van der Waals surface area contributed by atoms with Gasteiger partial charge in [0.15, 0.2) is 5.82 Å². The lowest BCUT2D eigenvalue weighted by Crippen LogP contribution is -2.35. The Morgan fingerprint density at radius 2 is 2.07 bits per heavy atom. The summed E-state index contributed by atoms with van der Waals surface area (Å²) in [5, 5.41) is 0. The van der Waals surface area contributed by atoms with Crippen molar-refractivity contribution in [3.05, 3.63) is 18.2 Å². The first kappa shape index (κ1) is 10.8. The van der Waals surface area contributed by atoms with Gasteiger partial charge in [-0.25, -0.2) is 14.4 Å². The predicted molar refractivity (Wildman–Crippen MR) is 60.7 cm³/mol. The van der Waals surface area contributed by atoms with E-state index < -0.39 is 5.82 Å². The molecule has 0 saturated heterocycles. The molecule has 15 heavy (non-hydrogen) atoms. The van der Waals surface area contributed by atoms with Gasteiger partial charge < -0.3 is 4.90 Å². The minimum absolute atomic E-state index is 0.392. The van der Waals surface area contributed by atoms with Crippen LogP contribution in [-0.2, 0) is 0 Å². The molecule has 3 nitrogen and oxygen atoms in total. The van der Waals surface area contributed by atoms with E-state index >= 15 is 0 Å². The fourth-order valence-corrected chi connectivity index (χ4v) is 2.83. The molecule has 82 valence electrons. The van der Waals surface area contributed by atoms with E-state index in [-0.39, 0.29) is 0 Å². The van der Waals surface area contributed by atoms with Gasteiger partial charge in [-0.2, -0.15) is 0 Å². The first-order valence-electron chi connectivity index (χ1n) is 4.98. The summed E-state index contributed by atoms with van der Waals surface area (Å²) in [6.45, 7) is 0.938. The third-order valence-corrected chi connectivity index (χ3v) is 3.41. The molecule has 1 aliphatic carbocycles. The summed E-state index contributed by atoms with van der Waals surface area (Å²) in [5.74, 6) is 0.902. The fourth-order valence-electron chi connectivity index (χ4n) is 1.77. The standard InChI is InChI=1S/C10H13BrFN3/c1-15(6-7-2-8(11)3-7)10-13-4-9(12)5-14-10/h4-5,7-8H,2-3,6H2,1H3. The van der Waals surface area contributed by atoms with Crippen molar-refractivity contribution in [1.82, 2.24) is 9.97 Å². The number of nitrogens with zero attached hydrogens (tertiary/aromatic N) is 3. The van der Waals surface area contributed by atoms with Gasteiger partial charge >= 0.3 is 0 Å². The SMILES string of the molecule is CN(CC1CC(Br)C1)c1ncc(F)cn1. The van der Waals surface area contributed by atoms with Crippen LogP contribution < -0.4 is 4.90 Å². The van der Waals surface area contributed by atoms with Gasteiger partial charge in [-0.05, 0) is 18.8 Å². The van der Waals surface area contributed by atoms with Crippen molar-refractivity contribution < 1.29 is 4.39 Å². The molecule has 1 fully saturated rings. The van der Waals surface area contributed by atoms with Crippen LogP contribution in [0, 0.1) is 11.7 Å². The Bertz CT molecular complexity index is 324. The zero-order valence-corrected chi connectivity index (χ0v) is 10.1. The highest BCUT2D eigenvalue weighted by atomic mass is 79.9. The molecule has 0 aliphatic heterocycles. The maximum atomic E-state index is 12.6. The van der Waals surface area contributed by atoms with Crippen LogP contribution in [-0.4, -0.2) is 28.4 Å². The van der Waals surface area contributed by atoms with Gasteiger partial charge in [0, 0.05) is 18.4 Å². The molecule has 1 saturated carbocycles. The average molecular weight is 274 g/mol. The molecule has 0 spiro atoms. The van der Waals surface area contributed by atoms with Gasteiger partial charge in [0.05, 0.1) is 12.4 Å². The molecule has 0 atom stereocenters. The third-order valence-electron chi connectivity index (χ3n) is 2.66. The Morgan fingerprint density at radius 1 is 1.47 bits per heavy atom. The van der Waals surface area contributed by atoms with Crippen molar-refractivity contribution in [2.24, 2.45) is 5.92 Å². The van der Waals surface area contributed by atoms with E-state index in [9.17, 15) is 4.39 Å². The van der Waals surface area contributed by atoms with Crippen molar-refractivity contribution in [1.29, 1.82) is 0 Å². The fraction of sp³-hybridized carbons (Fsp3) is 0.600. The van der Waals surface area contributed by atoms with E-state index in [1.807, 2.05) is 11.9 Å². The molecule has 1 aromatic heterocycles. The summed E-state index contributed by atoms with van der Waals surface area (Å²) in [5.41, 5.74) is 0. The average Bonchev–Trinajstić information content (AvgIpc) is 2.16. The lowest BCUT2D eigenvalue weighted by atomic mass is 9.85. The van der Waals surface area contributed by atoms with Crippen LogP contribution in [0.4, 0.5) is 10.3 Å². The number of halogens is 2. The number of rotatable bonds is 3. The second-order valence-corrected chi connectivity index (χ2v) is 5.31. The van der Waals surface area contributed by atoms with E-state index in [4.69, 9.17) is 0 Å². The highest BCUT2D eigenvalue weighted by Crippen LogP contribution is 2.33. The van der Waals surface area contributed by atoms with Crippen LogP contribution >= 0.6 is 15.9 Å². The molecule has 5 heteroatoms. The van der Waals surface area contributed by atoms with Crippen molar-refractivity contribution >= 4 is 21.9 Å². The van der Waals surface area contributed by atoms with E-state index in [1.54, 1.807) is 0 Å². The number of anilines is 1. The highest BCUT2D eigenvalue weighted by molar-refractivity contribution is 9.09. The van der Waals surface area contributed by atoms with Crippen molar-refractivity contribution in [3.63, 3.8) is 0 Å². The maximum absolute atomic E-state index is 12.6. The van der Waals surface area contributed by atoms with Gasteiger partial charge in [-0.3, -0.25) is 0 Å². The van der Waals surface area contributed by atoms with Gasteiger partial charge in [0.2, 0.25) is 5.95 Å². The second-order valence-electron chi connectivity index (χ2n) is 4.02.